The van der Waals surface area contributed by atoms with Gasteiger partial charge in [-0.25, -0.2) is 9.79 Å². The Morgan fingerprint density at radius 3 is 2.48 bits per heavy atom. The molecule has 0 radical (unpaired) electrons. The molecule has 4 rings (SSSR count). The largest absolute Gasteiger partial charge is 0.340 e. The first kappa shape index (κ1) is 22.1. The van der Waals surface area contributed by atoms with Crippen LogP contribution >= 0.6 is 15.9 Å². The molecule has 0 aromatic heterocycles. The quantitative estimate of drug-likeness (QED) is 0.619. The lowest BCUT2D eigenvalue weighted by Gasteiger charge is -2.40. The summed E-state index contributed by atoms with van der Waals surface area (Å²) in [6, 6.07) is 7.22. The molecule has 3 aliphatic heterocycles. The molecule has 1 aromatic rings. The molecule has 8 nitrogen and oxygen atoms in total. The number of hydrogen-bond acceptors (Lipinski definition) is 6. The maximum Gasteiger partial charge on any atom is 0.325 e. The summed E-state index contributed by atoms with van der Waals surface area (Å²) in [6.45, 7) is 7.67. The van der Waals surface area contributed by atoms with Gasteiger partial charge in [-0.1, -0.05) is 47.8 Å². The van der Waals surface area contributed by atoms with E-state index in [1.54, 1.807) is 7.05 Å². The van der Waals surface area contributed by atoms with E-state index < -0.39 is 12.2 Å². The van der Waals surface area contributed by atoms with Gasteiger partial charge in [0.2, 0.25) is 0 Å². The molecule has 9 heteroatoms. The van der Waals surface area contributed by atoms with Gasteiger partial charge in [0.1, 0.15) is 0 Å². The van der Waals surface area contributed by atoms with Crippen molar-refractivity contribution in [3.8, 4) is 0 Å². The summed E-state index contributed by atoms with van der Waals surface area (Å²) in [4.78, 5) is 38.3. The molecule has 1 N–H and O–H groups in total. The Bertz CT molecular complexity index is 837. The van der Waals surface area contributed by atoms with E-state index >= 15 is 0 Å². The predicted octanol–water partition coefficient (Wildman–Crippen LogP) is 2.30. The van der Waals surface area contributed by atoms with Gasteiger partial charge in [-0.2, -0.15) is 0 Å². The smallest absolute Gasteiger partial charge is 0.325 e. The number of unbranched alkanes of at least 4 members (excludes halogenated alkanes) is 2. The van der Waals surface area contributed by atoms with E-state index in [2.05, 4.69) is 55.0 Å². The Labute approximate surface area is 192 Å². The van der Waals surface area contributed by atoms with Crippen LogP contribution in [0.15, 0.2) is 33.7 Å². The second-order valence-electron chi connectivity index (χ2n) is 8.48. The molecule has 1 aromatic carbocycles. The first-order chi connectivity index (χ1) is 15.0. The van der Waals surface area contributed by atoms with Crippen LogP contribution in [-0.2, 0) is 11.3 Å². The Morgan fingerprint density at radius 2 is 1.81 bits per heavy atom. The number of nitrogens with one attached hydrogen (secondary N) is 1. The first-order valence-corrected chi connectivity index (χ1v) is 11.9. The minimum atomic E-state index is -0.510. The van der Waals surface area contributed by atoms with Crippen molar-refractivity contribution in [3.63, 3.8) is 0 Å². The molecule has 3 aliphatic rings. The van der Waals surface area contributed by atoms with Gasteiger partial charge in [0.15, 0.2) is 18.2 Å². The number of halogens is 1. The van der Waals surface area contributed by atoms with Crippen LogP contribution in [0.4, 0.5) is 4.79 Å². The highest BCUT2D eigenvalue weighted by Gasteiger charge is 2.49. The summed E-state index contributed by atoms with van der Waals surface area (Å²) < 4.78 is 1.02. The van der Waals surface area contributed by atoms with E-state index in [-0.39, 0.29) is 11.9 Å². The summed E-state index contributed by atoms with van der Waals surface area (Å²) in [5, 5.41) is 2.48. The number of carbonyl (C=O) groups excluding carboxylic acids is 2. The number of rotatable bonds is 6. The minimum absolute atomic E-state index is 0.276. The number of fused-ring (bicyclic) bond motifs is 1. The van der Waals surface area contributed by atoms with Crippen LogP contribution in [0.1, 0.15) is 31.7 Å². The monoisotopic (exact) mass is 490 g/mol. The second kappa shape index (κ2) is 9.56. The summed E-state index contributed by atoms with van der Waals surface area (Å²) in [5.41, 5.74) is 1.10. The number of aliphatic imine (C=N–C) groups is 1. The molecule has 2 fully saturated rings. The standard InChI is InChI=1S/C22H31BrN6O2/c1-3-4-5-10-27-11-13-28(14-12-27)21-24-19-18(20(30)25-22(31)26(19)2)29(21)15-16-6-8-17(23)9-7-16/h6-9,18-19H,3-5,10-15H2,1-2H3,(H,25,30,31). The maximum absolute atomic E-state index is 12.8. The molecule has 2 unspecified atom stereocenters. The molecule has 168 valence electrons. The highest BCUT2D eigenvalue weighted by atomic mass is 79.9. The Morgan fingerprint density at radius 1 is 1.10 bits per heavy atom. The Balaban J connectivity index is 1.52. The summed E-state index contributed by atoms with van der Waals surface area (Å²) in [7, 11) is 1.70. The van der Waals surface area contributed by atoms with Gasteiger partial charge in [0, 0.05) is 44.2 Å². The number of piperazine rings is 1. The maximum atomic E-state index is 12.8. The third-order valence-corrected chi connectivity index (χ3v) is 6.87. The van der Waals surface area contributed by atoms with Gasteiger partial charge in [-0.3, -0.25) is 15.0 Å². The molecule has 3 heterocycles. The number of nitrogens with zero attached hydrogens (tertiary/aromatic N) is 5. The zero-order chi connectivity index (χ0) is 22.0. The number of guanidine groups is 1. The fraction of sp³-hybridized carbons (Fsp3) is 0.591. The number of imide groups is 1. The molecule has 0 spiro atoms. The third-order valence-electron chi connectivity index (χ3n) is 6.34. The zero-order valence-corrected chi connectivity index (χ0v) is 19.8. The van der Waals surface area contributed by atoms with Crippen LogP contribution in [0.3, 0.4) is 0 Å². The molecule has 2 saturated heterocycles. The van der Waals surface area contributed by atoms with E-state index in [1.807, 2.05) is 12.1 Å². The number of benzene rings is 1. The van der Waals surface area contributed by atoms with E-state index in [4.69, 9.17) is 4.99 Å². The van der Waals surface area contributed by atoms with Crippen LogP contribution in [0, 0.1) is 0 Å². The van der Waals surface area contributed by atoms with E-state index in [1.165, 1.54) is 24.2 Å². The molecule has 0 aliphatic carbocycles. The molecular formula is C22H31BrN6O2. The number of amides is 3. The fourth-order valence-electron chi connectivity index (χ4n) is 4.49. The van der Waals surface area contributed by atoms with Crippen molar-refractivity contribution in [1.82, 2.24) is 24.9 Å². The van der Waals surface area contributed by atoms with Crippen LogP contribution in [0.5, 0.6) is 0 Å². The van der Waals surface area contributed by atoms with Gasteiger partial charge in [-0.15, -0.1) is 0 Å². The fourth-order valence-corrected chi connectivity index (χ4v) is 4.75. The average molecular weight is 491 g/mol. The number of hydrogen-bond donors (Lipinski definition) is 1. The number of carbonyl (C=O) groups is 2. The van der Waals surface area contributed by atoms with Crippen molar-refractivity contribution < 1.29 is 9.59 Å². The summed E-state index contributed by atoms with van der Waals surface area (Å²) in [6.07, 6.45) is 3.25. The highest BCUT2D eigenvalue weighted by molar-refractivity contribution is 9.10. The SMILES string of the molecule is CCCCCN1CCN(C2=NC3C(C(=O)NC(=O)N3C)N2Cc2ccc(Br)cc2)CC1. The van der Waals surface area contributed by atoms with E-state index in [0.29, 0.717) is 6.54 Å². The Kier molecular flexibility index (Phi) is 6.81. The van der Waals surface area contributed by atoms with Crippen molar-refractivity contribution in [1.29, 1.82) is 0 Å². The summed E-state index contributed by atoms with van der Waals surface area (Å²) >= 11 is 3.48. The van der Waals surface area contributed by atoms with Crippen molar-refractivity contribution in [2.45, 2.75) is 44.9 Å². The molecule has 2 atom stereocenters. The van der Waals surface area contributed by atoms with Crippen molar-refractivity contribution in [2.24, 2.45) is 4.99 Å². The number of urea groups is 1. The van der Waals surface area contributed by atoms with Gasteiger partial charge in [0.05, 0.1) is 0 Å². The Hall–Kier alpha value is -2.13. The lowest BCUT2D eigenvalue weighted by atomic mass is 10.1. The molecular weight excluding hydrogens is 460 g/mol. The van der Waals surface area contributed by atoms with Gasteiger partial charge in [-0.05, 0) is 30.7 Å². The second-order valence-corrected chi connectivity index (χ2v) is 9.40. The summed E-state index contributed by atoms with van der Waals surface area (Å²) in [5.74, 6) is 0.546. The molecule has 31 heavy (non-hydrogen) atoms. The average Bonchev–Trinajstić information content (AvgIpc) is 3.14. The molecule has 0 saturated carbocycles. The van der Waals surface area contributed by atoms with Crippen LogP contribution in [0.25, 0.3) is 0 Å². The molecule has 0 bridgehead atoms. The minimum Gasteiger partial charge on any atom is -0.340 e. The lowest BCUT2D eigenvalue weighted by Crippen LogP contribution is -2.64. The van der Waals surface area contributed by atoms with Crippen molar-refractivity contribution in [3.05, 3.63) is 34.3 Å². The number of likely N-dealkylation sites (N-methyl/N-ethyl adjacent to an activating group) is 1. The van der Waals surface area contributed by atoms with Gasteiger partial charge >= 0.3 is 6.03 Å². The van der Waals surface area contributed by atoms with Crippen LogP contribution < -0.4 is 5.32 Å². The van der Waals surface area contributed by atoms with Crippen molar-refractivity contribution in [2.75, 3.05) is 39.8 Å². The molecule has 3 amide bonds. The topological polar surface area (TPSA) is 71.5 Å². The van der Waals surface area contributed by atoms with Crippen LogP contribution in [0.2, 0.25) is 0 Å². The van der Waals surface area contributed by atoms with Crippen LogP contribution in [-0.4, -0.2) is 89.5 Å². The highest BCUT2D eigenvalue weighted by Crippen LogP contribution is 2.28. The van der Waals surface area contributed by atoms with Gasteiger partial charge in [0.25, 0.3) is 5.91 Å². The normalized spacial score (nSPS) is 24.4. The zero-order valence-electron chi connectivity index (χ0n) is 18.3. The third kappa shape index (κ3) is 4.72. The van der Waals surface area contributed by atoms with E-state index in [9.17, 15) is 9.59 Å². The predicted molar refractivity (Wildman–Crippen MR) is 124 cm³/mol. The van der Waals surface area contributed by atoms with Gasteiger partial charge < -0.3 is 14.7 Å². The first-order valence-electron chi connectivity index (χ1n) is 11.1. The van der Waals surface area contributed by atoms with Crippen molar-refractivity contribution >= 4 is 33.8 Å². The lowest BCUT2D eigenvalue weighted by molar-refractivity contribution is -0.127. The van der Waals surface area contributed by atoms with E-state index in [0.717, 1.165) is 48.7 Å².